The van der Waals surface area contributed by atoms with Crippen molar-refractivity contribution in [1.29, 1.82) is 5.26 Å². The Balaban J connectivity index is 2.44. The van der Waals surface area contributed by atoms with Crippen LogP contribution in [0.2, 0.25) is 5.02 Å². The summed E-state index contributed by atoms with van der Waals surface area (Å²) in [5.41, 5.74) is 0. The SMILES string of the molecule is N#CC1CNCCN1S(=O)(=O)c1ccc(Cl)cc1F. The molecule has 1 unspecified atom stereocenters. The van der Waals surface area contributed by atoms with Crippen molar-refractivity contribution in [2.24, 2.45) is 0 Å². The van der Waals surface area contributed by atoms with Gasteiger partial charge in [-0.15, -0.1) is 0 Å². The smallest absolute Gasteiger partial charge is 0.247 e. The molecule has 102 valence electrons. The van der Waals surface area contributed by atoms with E-state index in [9.17, 15) is 12.8 Å². The van der Waals surface area contributed by atoms with Crippen LogP contribution in [0.1, 0.15) is 0 Å². The predicted octanol–water partition coefficient (Wildman–Crippen LogP) is 0.965. The maximum absolute atomic E-state index is 13.7. The minimum Gasteiger partial charge on any atom is -0.313 e. The first-order chi connectivity index (χ1) is 8.96. The van der Waals surface area contributed by atoms with Gasteiger partial charge in [0.05, 0.1) is 6.07 Å². The molecule has 19 heavy (non-hydrogen) atoms. The van der Waals surface area contributed by atoms with Gasteiger partial charge in [0.1, 0.15) is 16.8 Å². The Labute approximate surface area is 115 Å². The Morgan fingerprint density at radius 2 is 2.26 bits per heavy atom. The van der Waals surface area contributed by atoms with E-state index in [-0.39, 0.29) is 18.1 Å². The molecule has 1 heterocycles. The first-order valence-electron chi connectivity index (χ1n) is 5.54. The van der Waals surface area contributed by atoms with E-state index in [0.717, 1.165) is 16.4 Å². The van der Waals surface area contributed by atoms with Crippen molar-refractivity contribution in [3.8, 4) is 6.07 Å². The molecule has 1 atom stereocenters. The number of hydrogen-bond donors (Lipinski definition) is 1. The molecule has 1 aliphatic heterocycles. The summed E-state index contributed by atoms with van der Waals surface area (Å²) in [5, 5.41) is 12.0. The quantitative estimate of drug-likeness (QED) is 0.883. The van der Waals surface area contributed by atoms with Crippen LogP contribution in [0.5, 0.6) is 0 Å². The average Bonchev–Trinajstić information content (AvgIpc) is 2.38. The van der Waals surface area contributed by atoms with Crippen molar-refractivity contribution in [3.05, 3.63) is 29.0 Å². The third kappa shape index (κ3) is 2.72. The van der Waals surface area contributed by atoms with Gasteiger partial charge in [-0.05, 0) is 18.2 Å². The predicted molar refractivity (Wildman–Crippen MR) is 67.6 cm³/mol. The fraction of sp³-hybridized carbons (Fsp3) is 0.364. The van der Waals surface area contributed by atoms with Gasteiger partial charge in [-0.1, -0.05) is 11.6 Å². The minimum absolute atomic E-state index is 0.119. The number of benzene rings is 1. The highest BCUT2D eigenvalue weighted by Gasteiger charge is 2.35. The van der Waals surface area contributed by atoms with Gasteiger partial charge in [-0.2, -0.15) is 9.57 Å². The maximum atomic E-state index is 13.7. The molecule has 1 fully saturated rings. The van der Waals surface area contributed by atoms with E-state index in [1.54, 1.807) is 0 Å². The zero-order valence-electron chi connectivity index (χ0n) is 9.81. The second-order valence-corrected chi connectivity index (χ2v) is 6.33. The first kappa shape index (κ1) is 14.2. The zero-order valence-corrected chi connectivity index (χ0v) is 11.4. The summed E-state index contributed by atoms with van der Waals surface area (Å²) in [7, 11) is -4.03. The Morgan fingerprint density at radius 3 is 2.89 bits per heavy atom. The molecule has 1 saturated heterocycles. The van der Waals surface area contributed by atoms with E-state index >= 15 is 0 Å². The van der Waals surface area contributed by atoms with Gasteiger partial charge in [0.25, 0.3) is 0 Å². The standard InChI is InChI=1S/C11H11ClFN3O2S/c12-8-1-2-11(10(13)5-8)19(17,18)16-4-3-15-7-9(16)6-14/h1-2,5,9,15H,3-4,7H2. The number of nitriles is 1. The fourth-order valence-corrected chi connectivity index (χ4v) is 3.64. The van der Waals surface area contributed by atoms with Crippen molar-refractivity contribution < 1.29 is 12.8 Å². The summed E-state index contributed by atoms with van der Waals surface area (Å²) in [5.74, 6) is -0.914. The molecule has 0 saturated carbocycles. The molecule has 1 aliphatic rings. The van der Waals surface area contributed by atoms with E-state index in [1.807, 2.05) is 6.07 Å². The number of nitrogens with one attached hydrogen (secondary N) is 1. The second kappa shape index (κ2) is 5.43. The molecule has 1 aromatic rings. The molecule has 2 rings (SSSR count). The lowest BCUT2D eigenvalue weighted by Crippen LogP contribution is -2.52. The summed E-state index contributed by atoms with van der Waals surface area (Å²) in [6.45, 7) is 0.778. The molecule has 8 heteroatoms. The monoisotopic (exact) mass is 303 g/mol. The highest BCUT2D eigenvalue weighted by Crippen LogP contribution is 2.24. The lowest BCUT2D eigenvalue weighted by atomic mass is 10.3. The topological polar surface area (TPSA) is 73.2 Å². The third-order valence-corrected chi connectivity index (χ3v) is 5.00. The highest BCUT2D eigenvalue weighted by molar-refractivity contribution is 7.89. The Kier molecular flexibility index (Phi) is 4.06. The lowest BCUT2D eigenvalue weighted by molar-refractivity contribution is 0.310. The van der Waals surface area contributed by atoms with Crippen molar-refractivity contribution in [3.63, 3.8) is 0 Å². The van der Waals surface area contributed by atoms with Crippen molar-refractivity contribution >= 4 is 21.6 Å². The maximum Gasteiger partial charge on any atom is 0.247 e. The first-order valence-corrected chi connectivity index (χ1v) is 7.36. The summed E-state index contributed by atoms with van der Waals surface area (Å²) < 4.78 is 39.5. The van der Waals surface area contributed by atoms with Crippen LogP contribution in [0.25, 0.3) is 0 Å². The fourth-order valence-electron chi connectivity index (χ4n) is 1.89. The lowest BCUT2D eigenvalue weighted by Gasteiger charge is -2.30. The highest BCUT2D eigenvalue weighted by atomic mass is 35.5. The molecule has 1 N–H and O–H groups in total. The molecular weight excluding hydrogens is 293 g/mol. The second-order valence-electron chi connectivity index (χ2n) is 4.04. The zero-order chi connectivity index (χ0) is 14.0. The van der Waals surface area contributed by atoms with Crippen LogP contribution in [-0.2, 0) is 10.0 Å². The van der Waals surface area contributed by atoms with Crippen LogP contribution in [0.15, 0.2) is 23.1 Å². The van der Waals surface area contributed by atoms with Crippen LogP contribution in [0.4, 0.5) is 4.39 Å². The van der Waals surface area contributed by atoms with Gasteiger partial charge in [0.15, 0.2) is 0 Å². The number of halogens is 2. The Bertz CT molecular complexity index is 629. The van der Waals surface area contributed by atoms with E-state index in [4.69, 9.17) is 16.9 Å². The van der Waals surface area contributed by atoms with Crippen LogP contribution in [0, 0.1) is 17.1 Å². The van der Waals surface area contributed by atoms with Gasteiger partial charge in [0.2, 0.25) is 10.0 Å². The van der Waals surface area contributed by atoms with Crippen LogP contribution >= 0.6 is 11.6 Å². The number of sulfonamides is 1. The molecule has 0 bridgehead atoms. The molecule has 0 aliphatic carbocycles. The van der Waals surface area contributed by atoms with Gasteiger partial charge in [-0.3, -0.25) is 0 Å². The van der Waals surface area contributed by atoms with E-state index < -0.39 is 26.8 Å². The Morgan fingerprint density at radius 1 is 1.53 bits per heavy atom. The van der Waals surface area contributed by atoms with E-state index in [1.165, 1.54) is 6.07 Å². The summed E-state index contributed by atoms with van der Waals surface area (Å²) in [6, 6.07) is 4.42. The van der Waals surface area contributed by atoms with Crippen LogP contribution in [0.3, 0.4) is 0 Å². The van der Waals surface area contributed by atoms with Gasteiger partial charge >= 0.3 is 0 Å². The number of piperazine rings is 1. The largest absolute Gasteiger partial charge is 0.313 e. The molecule has 5 nitrogen and oxygen atoms in total. The summed E-state index contributed by atoms with van der Waals surface area (Å²) in [6.07, 6.45) is 0. The summed E-state index contributed by atoms with van der Waals surface area (Å²) >= 11 is 5.60. The Hall–Kier alpha value is -1.20. The minimum atomic E-state index is -4.03. The van der Waals surface area contributed by atoms with E-state index in [2.05, 4.69) is 5.32 Å². The van der Waals surface area contributed by atoms with Crippen molar-refractivity contribution in [1.82, 2.24) is 9.62 Å². The molecule has 1 aromatic carbocycles. The van der Waals surface area contributed by atoms with Crippen LogP contribution in [-0.4, -0.2) is 38.4 Å². The van der Waals surface area contributed by atoms with E-state index in [0.29, 0.717) is 6.54 Å². The van der Waals surface area contributed by atoms with Gasteiger partial charge < -0.3 is 5.32 Å². The molecule has 0 aromatic heterocycles. The molecule has 0 spiro atoms. The van der Waals surface area contributed by atoms with Crippen LogP contribution < -0.4 is 5.32 Å². The van der Waals surface area contributed by atoms with Crippen molar-refractivity contribution in [2.45, 2.75) is 10.9 Å². The molecule has 0 amide bonds. The normalized spacial score (nSPS) is 21.0. The summed E-state index contributed by atoms with van der Waals surface area (Å²) in [4.78, 5) is -0.459. The molecular formula is C11H11ClFN3O2S. The number of rotatable bonds is 2. The van der Waals surface area contributed by atoms with Gasteiger partial charge in [-0.25, -0.2) is 12.8 Å². The third-order valence-electron chi connectivity index (χ3n) is 2.82. The van der Waals surface area contributed by atoms with Gasteiger partial charge in [0, 0.05) is 24.7 Å². The number of hydrogen-bond acceptors (Lipinski definition) is 4. The van der Waals surface area contributed by atoms with Crippen molar-refractivity contribution in [2.75, 3.05) is 19.6 Å². The average molecular weight is 304 g/mol. The number of nitrogens with zero attached hydrogens (tertiary/aromatic N) is 2. The molecule has 0 radical (unpaired) electrons.